The van der Waals surface area contributed by atoms with Gasteiger partial charge in [-0.2, -0.15) is 0 Å². The molecular weight excluding hydrogens is 481 g/mol. The van der Waals surface area contributed by atoms with Crippen LogP contribution in [-0.2, 0) is 0 Å². The monoisotopic (exact) mass is 503 g/mol. The van der Waals surface area contributed by atoms with Crippen LogP contribution in [0.5, 0.6) is 0 Å². The molecule has 1 saturated heterocycles. The largest absolute Gasteiger partial charge is 0.352 e. The molecule has 3 heterocycles. The van der Waals surface area contributed by atoms with Crippen molar-refractivity contribution in [2.45, 2.75) is 32.7 Å². The van der Waals surface area contributed by atoms with E-state index in [0.717, 1.165) is 32.8 Å². The smallest absolute Gasteiger partial charge is 0.274 e. The van der Waals surface area contributed by atoms with Gasteiger partial charge < -0.3 is 10.2 Å². The van der Waals surface area contributed by atoms with E-state index in [1.54, 1.807) is 24.5 Å². The molecule has 2 atom stereocenters. The Morgan fingerprint density at radius 3 is 2.71 bits per heavy atom. The maximum atomic E-state index is 13.6. The molecular formula is C22H23BrFN5OS. The van der Waals surface area contributed by atoms with Crippen LogP contribution in [0.1, 0.15) is 35.3 Å². The molecule has 0 bridgehead atoms. The number of carbonyl (C=O) groups is 1. The Morgan fingerprint density at radius 1 is 1.29 bits per heavy atom. The molecule has 0 aliphatic carbocycles. The summed E-state index contributed by atoms with van der Waals surface area (Å²) in [6, 6.07) is 6.21. The summed E-state index contributed by atoms with van der Waals surface area (Å²) in [6.07, 6.45) is 5.39. The lowest BCUT2D eigenvalue weighted by Gasteiger charge is -2.40. The van der Waals surface area contributed by atoms with Crippen LogP contribution in [-0.4, -0.2) is 44.9 Å². The van der Waals surface area contributed by atoms with E-state index in [4.69, 9.17) is 0 Å². The highest BCUT2D eigenvalue weighted by Crippen LogP contribution is 2.33. The summed E-state index contributed by atoms with van der Waals surface area (Å²) in [4.78, 5) is 29.4. The van der Waals surface area contributed by atoms with Crippen LogP contribution >= 0.6 is 27.3 Å². The third kappa shape index (κ3) is 4.93. The van der Waals surface area contributed by atoms with E-state index < -0.39 is 0 Å². The highest BCUT2D eigenvalue weighted by molar-refractivity contribution is 9.10. The number of hydrogen-bond donors (Lipinski definition) is 1. The number of thiazole rings is 1. The van der Waals surface area contributed by atoms with Crippen molar-refractivity contribution in [3.63, 3.8) is 0 Å². The Bertz CT molecular complexity index is 1060. The second kappa shape index (κ2) is 9.40. The van der Waals surface area contributed by atoms with Gasteiger partial charge in [0.1, 0.15) is 11.5 Å². The zero-order valence-electron chi connectivity index (χ0n) is 17.3. The van der Waals surface area contributed by atoms with Crippen LogP contribution in [0, 0.1) is 18.7 Å². The number of rotatable bonds is 5. The highest BCUT2D eigenvalue weighted by Gasteiger charge is 2.34. The van der Waals surface area contributed by atoms with Gasteiger partial charge in [0.25, 0.3) is 5.91 Å². The van der Waals surface area contributed by atoms with E-state index in [1.165, 1.54) is 23.5 Å². The van der Waals surface area contributed by atoms with Gasteiger partial charge >= 0.3 is 0 Å². The maximum absolute atomic E-state index is 13.6. The normalized spacial score (nSPS) is 18.8. The molecule has 0 spiro atoms. The number of likely N-dealkylation sites (tertiary alicyclic amines) is 1. The molecule has 2 aromatic heterocycles. The summed E-state index contributed by atoms with van der Waals surface area (Å²) in [5, 5.41) is 4.08. The van der Waals surface area contributed by atoms with E-state index in [0.29, 0.717) is 30.6 Å². The zero-order chi connectivity index (χ0) is 22.0. The molecule has 1 fully saturated rings. The number of amides is 1. The Hall–Kier alpha value is -2.39. The summed E-state index contributed by atoms with van der Waals surface area (Å²) >= 11 is 4.79. The minimum Gasteiger partial charge on any atom is -0.352 e. The van der Waals surface area contributed by atoms with E-state index in [9.17, 15) is 9.18 Å². The molecule has 31 heavy (non-hydrogen) atoms. The van der Waals surface area contributed by atoms with E-state index >= 15 is 0 Å². The van der Waals surface area contributed by atoms with Gasteiger partial charge in [-0.25, -0.2) is 19.3 Å². The molecule has 1 aromatic carbocycles. The Morgan fingerprint density at radius 2 is 2.00 bits per heavy atom. The van der Waals surface area contributed by atoms with Crippen molar-refractivity contribution in [1.82, 2.24) is 19.9 Å². The van der Waals surface area contributed by atoms with Crippen molar-refractivity contribution in [2.75, 3.05) is 18.4 Å². The zero-order valence-corrected chi connectivity index (χ0v) is 19.7. The van der Waals surface area contributed by atoms with Gasteiger partial charge in [0.2, 0.25) is 5.95 Å². The van der Waals surface area contributed by atoms with Crippen molar-refractivity contribution >= 4 is 39.1 Å². The second-order valence-corrected chi connectivity index (χ2v) is 9.83. The highest BCUT2D eigenvalue weighted by atomic mass is 79.9. The molecule has 1 amide bonds. The lowest BCUT2D eigenvalue weighted by Crippen LogP contribution is -2.51. The van der Waals surface area contributed by atoms with Crippen molar-refractivity contribution in [3.05, 3.63) is 57.7 Å². The van der Waals surface area contributed by atoms with Gasteiger partial charge in [-0.1, -0.05) is 19.1 Å². The maximum Gasteiger partial charge on any atom is 0.274 e. The number of anilines is 1. The number of hydrogen-bond acceptors (Lipinski definition) is 6. The lowest BCUT2D eigenvalue weighted by molar-refractivity contribution is 0.0535. The van der Waals surface area contributed by atoms with Crippen molar-refractivity contribution in [3.8, 4) is 10.4 Å². The van der Waals surface area contributed by atoms with E-state index in [-0.39, 0.29) is 17.8 Å². The van der Waals surface area contributed by atoms with Crippen LogP contribution in [0.15, 0.2) is 41.1 Å². The first-order chi connectivity index (χ1) is 14.9. The average molecular weight is 504 g/mol. The van der Waals surface area contributed by atoms with Gasteiger partial charge in [-0.3, -0.25) is 4.79 Å². The van der Waals surface area contributed by atoms with Crippen molar-refractivity contribution < 1.29 is 9.18 Å². The molecule has 6 nitrogen and oxygen atoms in total. The number of nitrogens with one attached hydrogen (secondary N) is 1. The molecule has 2 unspecified atom stereocenters. The lowest BCUT2D eigenvalue weighted by atomic mass is 9.90. The summed E-state index contributed by atoms with van der Waals surface area (Å²) in [5.74, 6) is 0.474. The molecule has 0 radical (unpaired) electrons. The molecule has 3 aromatic rings. The number of aryl methyl sites for hydroxylation is 1. The molecule has 162 valence electrons. The van der Waals surface area contributed by atoms with Crippen LogP contribution in [0.4, 0.5) is 10.3 Å². The van der Waals surface area contributed by atoms with Gasteiger partial charge in [-0.15, -0.1) is 11.3 Å². The van der Waals surface area contributed by atoms with Crippen LogP contribution in [0.25, 0.3) is 10.4 Å². The Labute approximate surface area is 193 Å². The van der Waals surface area contributed by atoms with Gasteiger partial charge in [0.05, 0.1) is 20.4 Å². The van der Waals surface area contributed by atoms with Crippen LogP contribution < -0.4 is 5.32 Å². The van der Waals surface area contributed by atoms with Crippen LogP contribution in [0.2, 0.25) is 0 Å². The molecule has 0 saturated carbocycles. The molecule has 4 rings (SSSR count). The quantitative estimate of drug-likeness (QED) is 0.520. The number of nitrogens with zero attached hydrogens (tertiary/aromatic N) is 4. The fraction of sp³-hybridized carbons (Fsp3) is 0.364. The number of piperidine rings is 1. The van der Waals surface area contributed by atoms with Gasteiger partial charge in [0, 0.05) is 25.5 Å². The first-order valence-corrected chi connectivity index (χ1v) is 11.8. The average Bonchev–Trinajstić information content (AvgIpc) is 3.15. The van der Waals surface area contributed by atoms with E-state index in [2.05, 4.69) is 43.1 Å². The number of benzene rings is 1. The van der Waals surface area contributed by atoms with Gasteiger partial charge in [-0.05, 0) is 59.3 Å². The third-order valence-electron chi connectivity index (χ3n) is 5.51. The Balaban J connectivity index is 1.58. The minimum atomic E-state index is -0.302. The van der Waals surface area contributed by atoms with Crippen LogP contribution in [0.3, 0.4) is 0 Å². The molecule has 1 aliphatic rings. The third-order valence-corrected chi connectivity index (χ3v) is 6.94. The fourth-order valence-electron chi connectivity index (χ4n) is 3.92. The summed E-state index contributed by atoms with van der Waals surface area (Å²) in [6.45, 7) is 5.29. The number of halogens is 2. The standard InChI is InChI=1S/C22H23BrFN5OS/c1-13-4-3-9-29(18(13)12-27-22-25-10-16(23)11-26-22)21(30)19-20(31-14(2)28-19)15-5-7-17(24)8-6-15/h5-8,10-11,13,18H,3-4,9,12H2,1-2H3,(H,25,26,27). The summed E-state index contributed by atoms with van der Waals surface area (Å²) in [7, 11) is 0. The summed E-state index contributed by atoms with van der Waals surface area (Å²) < 4.78 is 14.2. The Kier molecular flexibility index (Phi) is 6.62. The first-order valence-electron chi connectivity index (χ1n) is 10.2. The second-order valence-electron chi connectivity index (χ2n) is 7.71. The predicted octanol–water partition coefficient (Wildman–Crippen LogP) is 5.16. The fourth-order valence-corrected chi connectivity index (χ4v) is 5.04. The molecule has 1 N–H and O–H groups in total. The first kappa shape index (κ1) is 21.8. The van der Waals surface area contributed by atoms with Gasteiger partial charge in [0.15, 0.2) is 0 Å². The summed E-state index contributed by atoms with van der Waals surface area (Å²) in [5.41, 5.74) is 1.24. The minimum absolute atomic E-state index is 0.00318. The SMILES string of the molecule is Cc1nc(C(=O)N2CCCC(C)C2CNc2ncc(Br)cn2)c(-c2ccc(F)cc2)s1. The number of aromatic nitrogens is 3. The predicted molar refractivity (Wildman–Crippen MR) is 124 cm³/mol. The van der Waals surface area contributed by atoms with E-state index in [1.807, 2.05) is 11.8 Å². The number of carbonyl (C=O) groups excluding carboxylic acids is 1. The topological polar surface area (TPSA) is 71.0 Å². The van der Waals surface area contributed by atoms with Crippen molar-refractivity contribution in [2.24, 2.45) is 5.92 Å². The molecule has 1 aliphatic heterocycles. The van der Waals surface area contributed by atoms with Crippen molar-refractivity contribution in [1.29, 1.82) is 0 Å². The molecule has 9 heteroatoms.